The summed E-state index contributed by atoms with van der Waals surface area (Å²) < 4.78 is 40.8. The van der Waals surface area contributed by atoms with Gasteiger partial charge < -0.3 is 5.32 Å². The number of hydrogen-bond donors (Lipinski definition) is 1. The zero-order valence-electron chi connectivity index (χ0n) is 15.2. The first-order valence-electron chi connectivity index (χ1n) is 9.09. The Morgan fingerprint density at radius 2 is 1.89 bits per heavy atom. The van der Waals surface area contributed by atoms with Crippen molar-refractivity contribution >= 4 is 21.6 Å². The lowest BCUT2D eigenvalue weighted by molar-refractivity contribution is -0.119. The van der Waals surface area contributed by atoms with Gasteiger partial charge in [-0.3, -0.25) is 4.79 Å². The highest BCUT2D eigenvalue weighted by molar-refractivity contribution is 7.89. The van der Waals surface area contributed by atoms with Crippen LogP contribution in [0.2, 0.25) is 0 Å². The van der Waals surface area contributed by atoms with E-state index in [2.05, 4.69) is 12.2 Å². The summed E-state index contributed by atoms with van der Waals surface area (Å²) in [5.41, 5.74) is 1.80. The van der Waals surface area contributed by atoms with E-state index in [0.29, 0.717) is 18.5 Å². The molecular formula is C20H23FN2O3S. The Hall–Kier alpha value is -2.25. The van der Waals surface area contributed by atoms with Gasteiger partial charge in [-0.05, 0) is 49.1 Å². The molecule has 144 valence electrons. The van der Waals surface area contributed by atoms with Crippen LogP contribution in [0, 0.1) is 5.82 Å². The molecule has 0 aliphatic carbocycles. The van der Waals surface area contributed by atoms with E-state index in [9.17, 15) is 17.6 Å². The van der Waals surface area contributed by atoms with Crippen molar-refractivity contribution in [3.05, 3.63) is 59.9 Å². The molecule has 1 heterocycles. The fourth-order valence-electron chi connectivity index (χ4n) is 3.34. The molecule has 1 saturated heterocycles. The highest BCUT2D eigenvalue weighted by atomic mass is 32.2. The van der Waals surface area contributed by atoms with Gasteiger partial charge in [0.15, 0.2) is 0 Å². The summed E-state index contributed by atoms with van der Waals surface area (Å²) in [6.07, 6.45) is 2.97. The van der Waals surface area contributed by atoms with Crippen molar-refractivity contribution in [1.82, 2.24) is 4.31 Å². The van der Waals surface area contributed by atoms with E-state index in [1.165, 1.54) is 23.8 Å². The second-order valence-corrected chi connectivity index (χ2v) is 8.50. The first-order chi connectivity index (χ1) is 12.9. The molecule has 1 atom stereocenters. The molecule has 1 fully saturated rings. The number of halogens is 1. The SMILES string of the molecule is CCCc1ccc(NC(=O)C2CCCN2S(=O)(=O)c2ccccc2F)cc1. The van der Waals surface area contributed by atoms with Gasteiger partial charge in [-0.15, -0.1) is 0 Å². The minimum absolute atomic E-state index is 0.199. The van der Waals surface area contributed by atoms with Crippen LogP contribution in [0.25, 0.3) is 0 Å². The molecule has 1 unspecified atom stereocenters. The standard InChI is InChI=1S/C20H23FN2O3S/c1-2-6-15-10-12-16(13-11-15)22-20(24)18-8-5-14-23(18)27(25,26)19-9-4-3-7-17(19)21/h3-4,7,9-13,18H,2,5-6,8,14H2,1H3,(H,22,24). The third-order valence-electron chi connectivity index (χ3n) is 4.69. The van der Waals surface area contributed by atoms with Crippen LogP contribution < -0.4 is 5.32 Å². The van der Waals surface area contributed by atoms with E-state index in [1.54, 1.807) is 0 Å². The van der Waals surface area contributed by atoms with Crippen LogP contribution in [0.5, 0.6) is 0 Å². The van der Waals surface area contributed by atoms with Gasteiger partial charge in [0.25, 0.3) is 0 Å². The Bertz CT molecular complexity index is 913. The van der Waals surface area contributed by atoms with Gasteiger partial charge in [-0.25, -0.2) is 12.8 Å². The van der Waals surface area contributed by atoms with Crippen molar-refractivity contribution in [2.45, 2.75) is 43.5 Å². The summed E-state index contributed by atoms with van der Waals surface area (Å²) in [5, 5.41) is 2.78. The molecule has 1 amide bonds. The number of amides is 1. The van der Waals surface area contributed by atoms with Gasteiger partial charge in [-0.2, -0.15) is 4.31 Å². The van der Waals surface area contributed by atoms with E-state index >= 15 is 0 Å². The van der Waals surface area contributed by atoms with Gasteiger partial charge in [0, 0.05) is 12.2 Å². The number of anilines is 1. The molecule has 1 N–H and O–H groups in total. The fourth-order valence-corrected chi connectivity index (χ4v) is 5.06. The highest BCUT2D eigenvalue weighted by Crippen LogP contribution is 2.28. The van der Waals surface area contributed by atoms with E-state index in [-0.39, 0.29) is 6.54 Å². The largest absolute Gasteiger partial charge is 0.325 e. The summed E-state index contributed by atoms with van der Waals surface area (Å²) in [6, 6.07) is 11.9. The molecule has 7 heteroatoms. The van der Waals surface area contributed by atoms with E-state index < -0.39 is 32.7 Å². The van der Waals surface area contributed by atoms with Crippen molar-refractivity contribution in [1.29, 1.82) is 0 Å². The Morgan fingerprint density at radius 1 is 1.19 bits per heavy atom. The second-order valence-electron chi connectivity index (χ2n) is 6.64. The first kappa shape index (κ1) is 19.5. The molecule has 2 aromatic rings. The number of sulfonamides is 1. The number of rotatable bonds is 6. The van der Waals surface area contributed by atoms with Crippen LogP contribution >= 0.6 is 0 Å². The van der Waals surface area contributed by atoms with Crippen molar-refractivity contribution in [3.63, 3.8) is 0 Å². The predicted molar refractivity (Wildman–Crippen MR) is 102 cm³/mol. The predicted octanol–water partition coefficient (Wildman–Crippen LogP) is 3.57. The lowest BCUT2D eigenvalue weighted by atomic mass is 10.1. The van der Waals surface area contributed by atoms with Crippen LogP contribution in [0.4, 0.5) is 10.1 Å². The number of benzene rings is 2. The number of nitrogens with zero attached hydrogens (tertiary/aromatic N) is 1. The normalized spacial score (nSPS) is 17.8. The monoisotopic (exact) mass is 390 g/mol. The Balaban J connectivity index is 1.77. The zero-order chi connectivity index (χ0) is 19.4. The van der Waals surface area contributed by atoms with Gasteiger partial charge in [0.1, 0.15) is 16.8 Å². The molecule has 27 heavy (non-hydrogen) atoms. The maximum absolute atomic E-state index is 14.0. The average molecular weight is 390 g/mol. The van der Waals surface area contributed by atoms with Crippen LogP contribution in [0.1, 0.15) is 31.7 Å². The molecule has 0 bridgehead atoms. The summed E-state index contributed by atoms with van der Waals surface area (Å²) in [6.45, 7) is 2.30. The van der Waals surface area contributed by atoms with Gasteiger partial charge >= 0.3 is 0 Å². The molecule has 0 saturated carbocycles. The summed E-state index contributed by atoms with van der Waals surface area (Å²) in [4.78, 5) is 12.3. The topological polar surface area (TPSA) is 66.5 Å². The minimum Gasteiger partial charge on any atom is -0.325 e. The molecule has 0 spiro atoms. The molecule has 1 aliphatic heterocycles. The third-order valence-corrected chi connectivity index (χ3v) is 6.63. The van der Waals surface area contributed by atoms with Crippen molar-refractivity contribution in [2.24, 2.45) is 0 Å². The van der Waals surface area contributed by atoms with E-state index in [4.69, 9.17) is 0 Å². The average Bonchev–Trinajstić information content (AvgIpc) is 3.15. The Morgan fingerprint density at radius 3 is 2.56 bits per heavy atom. The Labute approximate surface area is 159 Å². The number of hydrogen-bond acceptors (Lipinski definition) is 3. The van der Waals surface area contributed by atoms with Crippen LogP contribution in [-0.2, 0) is 21.2 Å². The summed E-state index contributed by atoms with van der Waals surface area (Å²) >= 11 is 0. The Kier molecular flexibility index (Phi) is 5.92. The minimum atomic E-state index is -4.07. The van der Waals surface area contributed by atoms with E-state index in [1.807, 2.05) is 24.3 Å². The van der Waals surface area contributed by atoms with Crippen LogP contribution in [-0.4, -0.2) is 31.2 Å². The lowest BCUT2D eigenvalue weighted by Gasteiger charge is -2.23. The number of carbonyl (C=O) groups excluding carboxylic acids is 1. The first-order valence-corrected chi connectivity index (χ1v) is 10.5. The van der Waals surface area contributed by atoms with Crippen molar-refractivity contribution < 1.29 is 17.6 Å². The van der Waals surface area contributed by atoms with Crippen molar-refractivity contribution in [2.75, 3.05) is 11.9 Å². The third kappa shape index (κ3) is 4.20. The van der Waals surface area contributed by atoms with Crippen LogP contribution in [0.15, 0.2) is 53.4 Å². The molecule has 5 nitrogen and oxygen atoms in total. The van der Waals surface area contributed by atoms with Gasteiger partial charge in [0.2, 0.25) is 15.9 Å². The van der Waals surface area contributed by atoms with Gasteiger partial charge in [0.05, 0.1) is 0 Å². The molecular weight excluding hydrogens is 367 g/mol. The fraction of sp³-hybridized carbons (Fsp3) is 0.350. The molecule has 1 aliphatic rings. The second kappa shape index (κ2) is 8.19. The smallest absolute Gasteiger partial charge is 0.246 e. The highest BCUT2D eigenvalue weighted by Gasteiger charge is 2.40. The maximum Gasteiger partial charge on any atom is 0.246 e. The quantitative estimate of drug-likeness (QED) is 0.820. The number of nitrogens with one attached hydrogen (secondary N) is 1. The zero-order valence-corrected chi connectivity index (χ0v) is 16.0. The van der Waals surface area contributed by atoms with Crippen molar-refractivity contribution in [3.8, 4) is 0 Å². The van der Waals surface area contributed by atoms with E-state index in [0.717, 1.165) is 23.2 Å². The summed E-state index contributed by atoms with van der Waals surface area (Å²) in [7, 11) is -4.07. The van der Waals surface area contributed by atoms with Gasteiger partial charge in [-0.1, -0.05) is 37.6 Å². The molecule has 3 rings (SSSR count). The summed E-state index contributed by atoms with van der Waals surface area (Å²) in [5.74, 6) is -1.20. The lowest BCUT2D eigenvalue weighted by Crippen LogP contribution is -2.43. The molecule has 0 radical (unpaired) electrons. The molecule has 2 aromatic carbocycles. The molecule has 0 aromatic heterocycles. The van der Waals surface area contributed by atoms with Crippen LogP contribution in [0.3, 0.4) is 0 Å². The number of carbonyl (C=O) groups is 1. The number of aryl methyl sites for hydroxylation is 1. The maximum atomic E-state index is 14.0.